The van der Waals surface area contributed by atoms with Crippen LogP contribution in [0.15, 0.2) is 11.6 Å². The first-order valence-corrected chi connectivity index (χ1v) is 5.70. The van der Waals surface area contributed by atoms with Crippen molar-refractivity contribution in [3.05, 3.63) is 11.6 Å². The van der Waals surface area contributed by atoms with E-state index in [1.165, 1.54) is 18.4 Å². The Bertz CT molecular complexity index is 167. The molecule has 0 aliphatic heterocycles. The summed E-state index contributed by atoms with van der Waals surface area (Å²) in [7, 11) is 2.28. The van der Waals surface area contributed by atoms with Crippen LogP contribution in [0.2, 0.25) is 5.82 Å². The Morgan fingerprint density at radius 1 is 1.54 bits per heavy atom. The normalized spacial score (nSPS) is 15.9. The maximum atomic E-state index is 4.58. The molecule has 0 spiro atoms. The lowest BCUT2D eigenvalue weighted by atomic mass is 9.74. The molecule has 0 amide bonds. The molecule has 0 heterocycles. The highest BCUT2D eigenvalue weighted by atomic mass is 32.1. The van der Waals surface area contributed by atoms with Gasteiger partial charge in [-0.1, -0.05) is 44.7 Å². The molecule has 1 atom stereocenters. The van der Waals surface area contributed by atoms with E-state index in [-0.39, 0.29) is 4.75 Å². The molecule has 0 bridgehead atoms. The minimum absolute atomic E-state index is 0.159. The van der Waals surface area contributed by atoms with Crippen LogP contribution in [0.5, 0.6) is 0 Å². The van der Waals surface area contributed by atoms with Gasteiger partial charge in [-0.3, -0.25) is 0 Å². The van der Waals surface area contributed by atoms with Crippen molar-refractivity contribution >= 4 is 20.5 Å². The molecule has 13 heavy (non-hydrogen) atoms. The minimum Gasteiger partial charge on any atom is -0.174 e. The summed E-state index contributed by atoms with van der Waals surface area (Å²) in [6.07, 6.45) is 5.94. The SMILES string of the molecule is BC(CC/C(C)=C/CC)C(C)(C)S. The Hall–Kier alpha value is 0.155. The third-order valence-corrected chi connectivity index (χ3v) is 3.17. The Morgan fingerprint density at radius 2 is 2.08 bits per heavy atom. The van der Waals surface area contributed by atoms with Crippen molar-refractivity contribution in [1.82, 2.24) is 0 Å². The van der Waals surface area contributed by atoms with E-state index in [2.05, 4.69) is 54.2 Å². The number of hydrogen-bond donors (Lipinski definition) is 1. The molecular weight excluding hydrogens is 175 g/mol. The molecule has 0 aromatic rings. The summed E-state index contributed by atoms with van der Waals surface area (Å²) >= 11 is 4.58. The monoisotopic (exact) mass is 198 g/mol. The Balaban J connectivity index is 3.83. The van der Waals surface area contributed by atoms with Gasteiger partial charge in [-0.15, -0.1) is 0 Å². The highest BCUT2D eigenvalue weighted by Gasteiger charge is 2.20. The van der Waals surface area contributed by atoms with Gasteiger partial charge in [-0.25, -0.2) is 0 Å². The summed E-state index contributed by atoms with van der Waals surface area (Å²) in [4.78, 5) is 0. The van der Waals surface area contributed by atoms with E-state index in [1.807, 2.05) is 0 Å². The zero-order chi connectivity index (χ0) is 10.5. The molecule has 0 fully saturated rings. The van der Waals surface area contributed by atoms with Crippen molar-refractivity contribution in [2.24, 2.45) is 0 Å². The quantitative estimate of drug-likeness (QED) is 0.391. The van der Waals surface area contributed by atoms with E-state index >= 15 is 0 Å². The van der Waals surface area contributed by atoms with Crippen molar-refractivity contribution in [2.45, 2.75) is 57.5 Å². The fourth-order valence-corrected chi connectivity index (χ4v) is 1.38. The van der Waals surface area contributed by atoms with Crippen molar-refractivity contribution in [3.8, 4) is 0 Å². The first-order chi connectivity index (χ1) is 5.88. The van der Waals surface area contributed by atoms with E-state index in [1.54, 1.807) is 0 Å². The Labute approximate surface area is 90.0 Å². The van der Waals surface area contributed by atoms with Crippen LogP contribution in [0, 0.1) is 0 Å². The van der Waals surface area contributed by atoms with E-state index in [4.69, 9.17) is 0 Å². The van der Waals surface area contributed by atoms with Crippen LogP contribution in [0.3, 0.4) is 0 Å². The van der Waals surface area contributed by atoms with Crippen LogP contribution in [0.4, 0.5) is 0 Å². The lowest BCUT2D eigenvalue weighted by molar-refractivity contribution is 0.602. The average Bonchev–Trinajstić information content (AvgIpc) is 1.99. The summed E-state index contributed by atoms with van der Waals surface area (Å²) in [6.45, 7) is 8.80. The molecule has 76 valence electrons. The van der Waals surface area contributed by atoms with Crippen molar-refractivity contribution < 1.29 is 0 Å². The van der Waals surface area contributed by atoms with Gasteiger partial charge in [-0.05, 0) is 19.8 Å². The minimum atomic E-state index is 0.159. The summed E-state index contributed by atoms with van der Waals surface area (Å²) in [5, 5.41) is 0. The van der Waals surface area contributed by atoms with Crippen LogP contribution in [-0.4, -0.2) is 12.6 Å². The first kappa shape index (κ1) is 13.2. The molecule has 0 nitrogen and oxygen atoms in total. The lowest BCUT2D eigenvalue weighted by Crippen LogP contribution is -2.19. The second kappa shape index (κ2) is 5.80. The van der Waals surface area contributed by atoms with Gasteiger partial charge in [0.05, 0.1) is 0 Å². The molecule has 0 aromatic heterocycles. The van der Waals surface area contributed by atoms with E-state index < -0.39 is 0 Å². The van der Waals surface area contributed by atoms with Gasteiger partial charge < -0.3 is 0 Å². The van der Waals surface area contributed by atoms with Crippen molar-refractivity contribution in [2.75, 3.05) is 0 Å². The van der Waals surface area contributed by atoms with Gasteiger partial charge in [0.2, 0.25) is 0 Å². The maximum Gasteiger partial charge on any atom is 0.107 e. The van der Waals surface area contributed by atoms with Crippen molar-refractivity contribution in [1.29, 1.82) is 0 Å². The fourth-order valence-electron chi connectivity index (χ4n) is 1.25. The molecule has 0 aliphatic carbocycles. The Morgan fingerprint density at radius 3 is 2.46 bits per heavy atom. The largest absolute Gasteiger partial charge is 0.174 e. The van der Waals surface area contributed by atoms with Crippen molar-refractivity contribution in [3.63, 3.8) is 0 Å². The van der Waals surface area contributed by atoms with Gasteiger partial charge >= 0.3 is 0 Å². The highest BCUT2D eigenvalue weighted by molar-refractivity contribution is 7.81. The predicted molar refractivity (Wildman–Crippen MR) is 68.6 cm³/mol. The van der Waals surface area contributed by atoms with Gasteiger partial charge in [0.25, 0.3) is 0 Å². The van der Waals surface area contributed by atoms with E-state index in [9.17, 15) is 0 Å². The Kier molecular flexibility index (Phi) is 5.86. The molecule has 0 saturated heterocycles. The topological polar surface area (TPSA) is 0 Å². The zero-order valence-electron chi connectivity index (χ0n) is 9.72. The molecule has 1 unspecified atom stereocenters. The van der Waals surface area contributed by atoms with Gasteiger partial charge in [-0.2, -0.15) is 12.6 Å². The fraction of sp³-hybridized carbons (Fsp3) is 0.818. The standard InChI is InChI=1S/C11H23BS/c1-5-6-9(2)7-8-10(12)11(3,4)13/h6,10,13H,5,7-8,12H2,1-4H3/b9-6+. The molecule has 0 aromatic carbocycles. The van der Waals surface area contributed by atoms with E-state index in [0.29, 0.717) is 5.82 Å². The zero-order valence-corrected chi connectivity index (χ0v) is 10.6. The van der Waals surface area contributed by atoms with E-state index in [0.717, 1.165) is 6.42 Å². The summed E-state index contributed by atoms with van der Waals surface area (Å²) in [6, 6.07) is 0. The second-order valence-electron chi connectivity index (χ2n) is 4.55. The molecule has 2 heteroatoms. The molecule has 0 N–H and O–H groups in total. The van der Waals surface area contributed by atoms with Gasteiger partial charge in [0.15, 0.2) is 0 Å². The summed E-state index contributed by atoms with van der Waals surface area (Å²) in [5.74, 6) is 0.677. The molecular formula is C11H23BS. The van der Waals surface area contributed by atoms with Crippen LogP contribution in [0.25, 0.3) is 0 Å². The number of thiol groups is 1. The third-order valence-electron chi connectivity index (χ3n) is 2.73. The van der Waals surface area contributed by atoms with Crippen LogP contribution >= 0.6 is 12.6 Å². The lowest BCUT2D eigenvalue weighted by Gasteiger charge is -2.26. The summed E-state index contributed by atoms with van der Waals surface area (Å²) in [5.41, 5.74) is 1.52. The molecule has 0 rings (SSSR count). The number of allylic oxidation sites excluding steroid dienone is 2. The van der Waals surface area contributed by atoms with Gasteiger partial charge in [0, 0.05) is 4.75 Å². The average molecular weight is 198 g/mol. The van der Waals surface area contributed by atoms with Crippen LogP contribution in [0.1, 0.15) is 47.0 Å². The number of hydrogen-bond acceptors (Lipinski definition) is 1. The third kappa shape index (κ3) is 6.26. The second-order valence-corrected chi connectivity index (χ2v) is 5.70. The number of rotatable bonds is 5. The summed E-state index contributed by atoms with van der Waals surface area (Å²) < 4.78 is 0.159. The van der Waals surface area contributed by atoms with Gasteiger partial charge in [0.1, 0.15) is 7.85 Å². The molecule has 0 aliphatic rings. The molecule has 0 radical (unpaired) electrons. The smallest absolute Gasteiger partial charge is 0.107 e. The highest BCUT2D eigenvalue weighted by Crippen LogP contribution is 2.31. The van der Waals surface area contributed by atoms with Crippen LogP contribution in [-0.2, 0) is 0 Å². The first-order valence-electron chi connectivity index (χ1n) is 5.26. The maximum absolute atomic E-state index is 4.58. The molecule has 0 saturated carbocycles. The predicted octanol–water partition coefficient (Wildman–Crippen LogP) is 3.25. The van der Waals surface area contributed by atoms with Crippen LogP contribution < -0.4 is 0 Å².